The third kappa shape index (κ3) is 2.08. The number of hydrogen-bond acceptors (Lipinski definition) is 4. The Morgan fingerprint density at radius 2 is 2.11 bits per heavy atom. The molecule has 18 heavy (non-hydrogen) atoms. The molecule has 0 saturated heterocycles. The molecule has 0 fully saturated rings. The molecular weight excluding hydrogens is 298 g/mol. The summed E-state index contributed by atoms with van der Waals surface area (Å²) in [6.45, 7) is 3.64. The minimum Gasteiger partial charge on any atom is -0.381 e. The highest BCUT2D eigenvalue weighted by atomic mass is 79.9. The number of amides is 1. The quantitative estimate of drug-likeness (QED) is 0.874. The lowest BCUT2D eigenvalue weighted by Gasteiger charge is -2.09. The van der Waals surface area contributed by atoms with Gasteiger partial charge in [0.2, 0.25) is 0 Å². The molecule has 0 atom stereocenters. The van der Waals surface area contributed by atoms with Crippen molar-refractivity contribution in [1.29, 1.82) is 0 Å². The van der Waals surface area contributed by atoms with Crippen molar-refractivity contribution in [3.63, 3.8) is 0 Å². The molecule has 2 aromatic heterocycles. The number of nitrogen functional groups attached to an aromatic ring is 1. The van der Waals surface area contributed by atoms with Crippen LogP contribution in [0.4, 0.5) is 5.82 Å². The lowest BCUT2D eigenvalue weighted by molar-refractivity contribution is 0.0999. The van der Waals surface area contributed by atoms with E-state index in [1.807, 2.05) is 6.92 Å². The highest BCUT2D eigenvalue weighted by Crippen LogP contribution is 2.22. The van der Waals surface area contributed by atoms with Crippen LogP contribution < -0.4 is 11.5 Å². The van der Waals surface area contributed by atoms with Crippen LogP contribution in [0.1, 0.15) is 21.6 Å². The number of primary amides is 1. The lowest BCUT2D eigenvalue weighted by atomic mass is 10.1. The van der Waals surface area contributed by atoms with E-state index in [0.29, 0.717) is 21.7 Å². The fraction of sp³-hybridized carbons (Fsp3) is 0.182. The van der Waals surface area contributed by atoms with Gasteiger partial charge in [0.1, 0.15) is 0 Å². The number of carbonyl (C=O) groups is 1. The van der Waals surface area contributed by atoms with E-state index >= 15 is 0 Å². The van der Waals surface area contributed by atoms with E-state index in [-0.39, 0.29) is 0 Å². The maximum Gasteiger partial charge on any atom is 0.252 e. The van der Waals surface area contributed by atoms with Gasteiger partial charge >= 0.3 is 0 Å². The molecule has 0 unspecified atom stereocenters. The number of nitrogens with zero attached hydrogens (tertiary/aromatic N) is 3. The Labute approximate surface area is 112 Å². The van der Waals surface area contributed by atoms with Crippen molar-refractivity contribution in [2.45, 2.75) is 13.8 Å². The zero-order valence-electron chi connectivity index (χ0n) is 9.94. The molecule has 0 aliphatic heterocycles. The number of anilines is 1. The Bertz CT molecular complexity index is 615. The Morgan fingerprint density at radius 1 is 1.44 bits per heavy atom. The van der Waals surface area contributed by atoms with Gasteiger partial charge in [-0.1, -0.05) is 0 Å². The number of aromatic nitrogens is 3. The van der Waals surface area contributed by atoms with E-state index in [1.165, 1.54) is 4.68 Å². The first-order valence-corrected chi connectivity index (χ1v) is 5.98. The van der Waals surface area contributed by atoms with Crippen LogP contribution in [0.25, 0.3) is 5.82 Å². The second-order valence-electron chi connectivity index (χ2n) is 3.95. The highest BCUT2D eigenvalue weighted by Gasteiger charge is 2.17. The standard InChI is InChI=1S/C11H12BrN5O/c1-5-3-6(2)15-11(8(5)10(14)18)17-4-7(12)9(13)16-17/h3-4H,1-2H3,(H2,13,16)(H2,14,18). The molecule has 0 aromatic carbocycles. The normalized spacial score (nSPS) is 10.6. The number of nitrogens with two attached hydrogens (primary N) is 2. The van der Waals surface area contributed by atoms with E-state index in [1.54, 1.807) is 19.2 Å². The molecule has 0 aliphatic carbocycles. The van der Waals surface area contributed by atoms with Crippen molar-refractivity contribution in [2.24, 2.45) is 5.73 Å². The maximum absolute atomic E-state index is 11.5. The SMILES string of the molecule is Cc1cc(C)c(C(N)=O)c(-n2cc(Br)c(N)n2)n1. The number of rotatable bonds is 2. The molecular formula is C11H12BrN5O. The van der Waals surface area contributed by atoms with Gasteiger partial charge in [-0.3, -0.25) is 4.79 Å². The van der Waals surface area contributed by atoms with Crippen molar-refractivity contribution in [3.8, 4) is 5.82 Å². The van der Waals surface area contributed by atoms with Crippen LogP contribution in [0.15, 0.2) is 16.7 Å². The van der Waals surface area contributed by atoms with Gasteiger partial charge in [0.15, 0.2) is 11.6 Å². The third-order valence-electron chi connectivity index (χ3n) is 2.48. The van der Waals surface area contributed by atoms with Crippen LogP contribution in [0.5, 0.6) is 0 Å². The molecule has 2 heterocycles. The van der Waals surface area contributed by atoms with Crippen molar-refractivity contribution >= 4 is 27.7 Å². The van der Waals surface area contributed by atoms with E-state index < -0.39 is 5.91 Å². The van der Waals surface area contributed by atoms with E-state index in [2.05, 4.69) is 26.0 Å². The van der Waals surface area contributed by atoms with Gasteiger partial charge in [-0.2, -0.15) is 0 Å². The fourth-order valence-electron chi connectivity index (χ4n) is 1.76. The number of hydrogen-bond donors (Lipinski definition) is 2. The molecule has 7 heteroatoms. The summed E-state index contributed by atoms with van der Waals surface area (Å²) in [6.07, 6.45) is 1.64. The van der Waals surface area contributed by atoms with Crippen LogP contribution in [0, 0.1) is 13.8 Å². The minimum atomic E-state index is -0.541. The molecule has 0 bridgehead atoms. The first-order chi connectivity index (χ1) is 8.40. The van der Waals surface area contributed by atoms with E-state index in [0.717, 1.165) is 11.3 Å². The van der Waals surface area contributed by atoms with Crippen LogP contribution in [-0.2, 0) is 0 Å². The Kier molecular flexibility index (Phi) is 3.08. The van der Waals surface area contributed by atoms with Crippen LogP contribution in [0.2, 0.25) is 0 Å². The second-order valence-corrected chi connectivity index (χ2v) is 4.80. The number of carbonyl (C=O) groups excluding carboxylic acids is 1. The molecule has 6 nitrogen and oxygen atoms in total. The Balaban J connectivity index is 2.73. The highest BCUT2D eigenvalue weighted by molar-refractivity contribution is 9.10. The van der Waals surface area contributed by atoms with Crippen molar-refractivity contribution in [3.05, 3.63) is 33.6 Å². The molecule has 4 N–H and O–H groups in total. The summed E-state index contributed by atoms with van der Waals surface area (Å²) in [5.74, 6) is 0.170. The Hall–Kier alpha value is -1.89. The van der Waals surface area contributed by atoms with Crippen LogP contribution >= 0.6 is 15.9 Å². The van der Waals surface area contributed by atoms with Gasteiger partial charge in [0.25, 0.3) is 5.91 Å². The van der Waals surface area contributed by atoms with Crippen molar-refractivity contribution in [2.75, 3.05) is 5.73 Å². The first kappa shape index (κ1) is 12.6. The summed E-state index contributed by atoms with van der Waals surface area (Å²) in [5.41, 5.74) is 12.9. The van der Waals surface area contributed by atoms with E-state index in [4.69, 9.17) is 11.5 Å². The van der Waals surface area contributed by atoms with Crippen LogP contribution in [-0.4, -0.2) is 20.7 Å². The number of halogens is 1. The summed E-state index contributed by atoms with van der Waals surface area (Å²) in [5, 5.41) is 4.08. The van der Waals surface area contributed by atoms with Gasteiger partial charge in [0.05, 0.1) is 10.0 Å². The van der Waals surface area contributed by atoms with Gasteiger partial charge in [0, 0.05) is 11.9 Å². The number of aryl methyl sites for hydroxylation is 2. The largest absolute Gasteiger partial charge is 0.381 e. The van der Waals surface area contributed by atoms with Crippen molar-refractivity contribution < 1.29 is 4.79 Å². The van der Waals surface area contributed by atoms with Gasteiger partial charge in [-0.25, -0.2) is 9.67 Å². The first-order valence-electron chi connectivity index (χ1n) is 5.19. The fourth-order valence-corrected chi connectivity index (χ4v) is 2.04. The molecule has 0 aliphatic rings. The zero-order valence-corrected chi connectivity index (χ0v) is 11.5. The predicted octanol–water partition coefficient (Wildman–Crippen LogP) is 1.33. The van der Waals surface area contributed by atoms with Crippen LogP contribution in [0.3, 0.4) is 0 Å². The number of pyridine rings is 1. The second kappa shape index (κ2) is 4.41. The summed E-state index contributed by atoms with van der Waals surface area (Å²) >= 11 is 3.26. The summed E-state index contributed by atoms with van der Waals surface area (Å²) in [6, 6.07) is 1.80. The predicted molar refractivity (Wildman–Crippen MR) is 71.5 cm³/mol. The average Bonchev–Trinajstić information content (AvgIpc) is 2.57. The van der Waals surface area contributed by atoms with Crippen molar-refractivity contribution in [1.82, 2.24) is 14.8 Å². The summed E-state index contributed by atoms with van der Waals surface area (Å²) in [7, 11) is 0. The van der Waals surface area contributed by atoms with Gasteiger partial charge in [-0.05, 0) is 41.4 Å². The van der Waals surface area contributed by atoms with E-state index in [9.17, 15) is 4.79 Å². The minimum absolute atomic E-state index is 0.325. The Morgan fingerprint density at radius 3 is 2.61 bits per heavy atom. The molecule has 1 amide bonds. The monoisotopic (exact) mass is 309 g/mol. The zero-order chi connectivity index (χ0) is 13.4. The average molecular weight is 310 g/mol. The third-order valence-corrected chi connectivity index (χ3v) is 3.10. The molecule has 2 rings (SSSR count). The molecule has 0 spiro atoms. The maximum atomic E-state index is 11.5. The summed E-state index contributed by atoms with van der Waals surface area (Å²) < 4.78 is 2.08. The molecule has 0 saturated carbocycles. The lowest BCUT2D eigenvalue weighted by Crippen LogP contribution is -2.18. The van der Waals surface area contributed by atoms with Gasteiger partial charge in [-0.15, -0.1) is 5.10 Å². The summed E-state index contributed by atoms with van der Waals surface area (Å²) in [4.78, 5) is 15.8. The topological polar surface area (TPSA) is 99.8 Å². The smallest absolute Gasteiger partial charge is 0.252 e. The molecule has 0 radical (unpaired) electrons. The molecule has 2 aromatic rings. The molecule has 94 valence electrons. The van der Waals surface area contributed by atoms with Gasteiger partial charge < -0.3 is 11.5 Å².